The Morgan fingerprint density at radius 3 is 2.93 bits per heavy atom. The van der Waals surface area contributed by atoms with Crippen molar-refractivity contribution in [3.63, 3.8) is 0 Å². The van der Waals surface area contributed by atoms with E-state index in [9.17, 15) is 4.39 Å². The van der Waals surface area contributed by atoms with Crippen molar-refractivity contribution in [1.29, 1.82) is 0 Å². The van der Waals surface area contributed by atoms with Crippen molar-refractivity contribution < 1.29 is 4.39 Å². The van der Waals surface area contributed by atoms with E-state index in [1.54, 1.807) is 12.3 Å². The van der Waals surface area contributed by atoms with E-state index in [0.717, 1.165) is 0 Å². The number of hydrogen-bond donors (Lipinski definition) is 1. The van der Waals surface area contributed by atoms with E-state index >= 15 is 0 Å². The van der Waals surface area contributed by atoms with Gasteiger partial charge in [0.05, 0.1) is 11.6 Å². The van der Waals surface area contributed by atoms with Crippen LogP contribution in [0.5, 0.6) is 0 Å². The number of benzene rings is 1. The molecule has 1 aromatic carbocycles. The summed E-state index contributed by atoms with van der Waals surface area (Å²) in [5, 5.41) is 0.330. The van der Waals surface area contributed by atoms with Crippen LogP contribution in [-0.4, -0.2) is 12.8 Å². The number of nitrogens with zero attached hydrogens (tertiary/aromatic N) is 1. The summed E-state index contributed by atoms with van der Waals surface area (Å²) < 4.78 is 12.6. The van der Waals surface area contributed by atoms with Crippen molar-refractivity contribution in [3.8, 4) is 0 Å². The van der Waals surface area contributed by atoms with Crippen molar-refractivity contribution >= 4 is 17.8 Å². The van der Waals surface area contributed by atoms with Crippen LogP contribution in [0.15, 0.2) is 35.5 Å². The van der Waals surface area contributed by atoms with Gasteiger partial charge in [-0.15, -0.1) is 0 Å². The molecule has 4 heteroatoms. The van der Waals surface area contributed by atoms with E-state index in [0.29, 0.717) is 22.8 Å². The molecule has 0 bridgehead atoms. The molecule has 0 saturated carbocycles. The highest BCUT2D eigenvalue weighted by Crippen LogP contribution is 2.15. The molecule has 2 N–H and O–H groups in total. The number of halogens is 2. The summed E-state index contributed by atoms with van der Waals surface area (Å²) in [7, 11) is 0. The fourth-order valence-corrected chi connectivity index (χ4v) is 1.08. The molecule has 2 nitrogen and oxygen atoms in total. The largest absolute Gasteiger partial charge is 0.401 e. The van der Waals surface area contributed by atoms with Crippen molar-refractivity contribution in [3.05, 3.63) is 46.9 Å². The van der Waals surface area contributed by atoms with Gasteiger partial charge in [-0.05, 0) is 18.2 Å². The normalized spacial score (nSPS) is 10.7. The molecule has 0 heterocycles. The third-order valence-electron chi connectivity index (χ3n) is 1.49. The molecule has 0 fully saturated rings. The van der Waals surface area contributed by atoms with Gasteiger partial charge in [-0.3, -0.25) is 4.99 Å². The maximum Gasteiger partial charge on any atom is 0.124 e. The number of hydrogen-bond acceptors (Lipinski definition) is 2. The van der Waals surface area contributed by atoms with Crippen LogP contribution in [0.3, 0.4) is 0 Å². The first-order valence-corrected chi connectivity index (χ1v) is 4.35. The predicted molar refractivity (Wildman–Crippen MR) is 57.2 cm³/mol. The average Bonchev–Trinajstić information content (AvgIpc) is 2.08. The van der Waals surface area contributed by atoms with Gasteiger partial charge in [0.15, 0.2) is 0 Å². The van der Waals surface area contributed by atoms with Gasteiger partial charge in [0, 0.05) is 17.5 Å². The summed E-state index contributed by atoms with van der Waals surface area (Å²) in [6.07, 6.45) is 1.54. The lowest BCUT2D eigenvalue weighted by Crippen LogP contribution is -1.98. The van der Waals surface area contributed by atoms with Gasteiger partial charge in [-0.1, -0.05) is 18.2 Å². The lowest BCUT2D eigenvalue weighted by atomic mass is 10.2. The second-order valence-electron chi connectivity index (χ2n) is 2.79. The van der Waals surface area contributed by atoms with Crippen LogP contribution in [-0.2, 0) is 0 Å². The Morgan fingerprint density at radius 1 is 1.64 bits per heavy atom. The molecule has 0 atom stereocenters. The lowest BCUT2D eigenvalue weighted by Gasteiger charge is -1.97. The minimum atomic E-state index is -0.365. The molecule has 0 unspecified atom stereocenters. The Labute approximate surface area is 86.9 Å². The Morgan fingerprint density at radius 2 is 2.36 bits per heavy atom. The molecule has 0 amide bonds. The highest BCUT2D eigenvalue weighted by Gasteiger charge is 1.98. The van der Waals surface area contributed by atoms with Crippen LogP contribution in [0.1, 0.15) is 5.56 Å². The van der Waals surface area contributed by atoms with Crippen LogP contribution in [0.4, 0.5) is 4.39 Å². The van der Waals surface area contributed by atoms with Gasteiger partial charge >= 0.3 is 0 Å². The van der Waals surface area contributed by atoms with Gasteiger partial charge in [-0.25, -0.2) is 4.39 Å². The zero-order chi connectivity index (χ0) is 10.6. The SMILES string of the molecule is C=C(N)CN=Cc1ccc(F)cc1Cl. The number of nitrogens with two attached hydrogens (primary N) is 1. The van der Waals surface area contributed by atoms with Crippen LogP contribution in [0, 0.1) is 5.82 Å². The summed E-state index contributed by atoms with van der Waals surface area (Å²) in [6.45, 7) is 3.83. The Bertz CT molecular complexity index is 374. The third-order valence-corrected chi connectivity index (χ3v) is 1.81. The smallest absolute Gasteiger partial charge is 0.124 e. The zero-order valence-corrected chi connectivity index (χ0v) is 8.26. The molecule has 74 valence electrons. The molecule has 1 aromatic rings. The molecular weight excluding hydrogens is 203 g/mol. The van der Waals surface area contributed by atoms with Gasteiger partial charge in [0.2, 0.25) is 0 Å². The monoisotopic (exact) mass is 212 g/mol. The lowest BCUT2D eigenvalue weighted by molar-refractivity contribution is 0.628. The Kier molecular flexibility index (Phi) is 3.65. The summed E-state index contributed by atoms with van der Waals surface area (Å²) in [4.78, 5) is 3.98. The van der Waals surface area contributed by atoms with Crippen LogP contribution in [0.25, 0.3) is 0 Å². The first kappa shape index (κ1) is 10.7. The standard InChI is InChI=1S/C10H10ClFN2/c1-7(13)5-14-6-8-2-3-9(12)4-10(8)11/h2-4,6H,1,5,13H2. The van der Waals surface area contributed by atoms with Crippen molar-refractivity contribution in [2.24, 2.45) is 10.7 Å². The zero-order valence-electron chi connectivity index (χ0n) is 7.50. The molecule has 0 saturated heterocycles. The minimum absolute atomic E-state index is 0.330. The van der Waals surface area contributed by atoms with Gasteiger partial charge in [-0.2, -0.15) is 0 Å². The van der Waals surface area contributed by atoms with Gasteiger partial charge in [0.1, 0.15) is 5.82 Å². The van der Waals surface area contributed by atoms with E-state index < -0.39 is 0 Å². The maximum atomic E-state index is 12.6. The molecule has 0 aliphatic heterocycles. The number of rotatable bonds is 3. The molecule has 0 spiro atoms. The molecular formula is C10H10ClFN2. The second-order valence-corrected chi connectivity index (χ2v) is 3.20. The van der Waals surface area contributed by atoms with E-state index in [1.807, 2.05) is 0 Å². The van der Waals surface area contributed by atoms with Crippen molar-refractivity contribution in [2.75, 3.05) is 6.54 Å². The molecule has 0 radical (unpaired) electrons. The second kappa shape index (κ2) is 4.77. The van der Waals surface area contributed by atoms with Crippen LogP contribution >= 0.6 is 11.6 Å². The quantitative estimate of drug-likeness (QED) is 0.768. The highest BCUT2D eigenvalue weighted by atomic mass is 35.5. The minimum Gasteiger partial charge on any atom is -0.401 e. The summed E-state index contributed by atoms with van der Waals surface area (Å²) in [6, 6.07) is 4.12. The fraction of sp³-hybridized carbons (Fsp3) is 0.100. The Hall–Kier alpha value is -1.35. The van der Waals surface area contributed by atoms with Gasteiger partial charge < -0.3 is 5.73 Å². The average molecular weight is 213 g/mol. The molecule has 14 heavy (non-hydrogen) atoms. The van der Waals surface area contributed by atoms with Crippen molar-refractivity contribution in [2.45, 2.75) is 0 Å². The summed E-state index contributed by atoms with van der Waals surface area (Å²) >= 11 is 5.76. The van der Waals surface area contributed by atoms with Crippen molar-refractivity contribution in [1.82, 2.24) is 0 Å². The molecule has 1 rings (SSSR count). The summed E-state index contributed by atoms with van der Waals surface area (Å²) in [5.41, 5.74) is 6.45. The molecule has 0 aromatic heterocycles. The first-order chi connectivity index (χ1) is 6.59. The number of aliphatic imine (C=N–C) groups is 1. The van der Waals surface area contributed by atoms with Crippen LogP contribution in [0.2, 0.25) is 5.02 Å². The van der Waals surface area contributed by atoms with E-state index in [-0.39, 0.29) is 5.82 Å². The topological polar surface area (TPSA) is 38.4 Å². The van der Waals surface area contributed by atoms with E-state index in [4.69, 9.17) is 17.3 Å². The highest BCUT2D eigenvalue weighted by molar-refractivity contribution is 6.33. The molecule has 0 aliphatic carbocycles. The first-order valence-electron chi connectivity index (χ1n) is 3.97. The van der Waals surface area contributed by atoms with E-state index in [2.05, 4.69) is 11.6 Å². The van der Waals surface area contributed by atoms with E-state index in [1.165, 1.54) is 12.1 Å². The fourth-order valence-electron chi connectivity index (χ4n) is 0.867. The summed E-state index contributed by atoms with van der Waals surface area (Å²) in [5.74, 6) is -0.365. The maximum absolute atomic E-state index is 12.6. The third kappa shape index (κ3) is 3.18. The predicted octanol–water partition coefficient (Wildman–Crippen LogP) is 2.37. The van der Waals surface area contributed by atoms with Crippen LogP contribution < -0.4 is 5.73 Å². The van der Waals surface area contributed by atoms with Gasteiger partial charge in [0.25, 0.3) is 0 Å². The Balaban J connectivity index is 2.76. The molecule has 0 aliphatic rings.